The number of alkyl halides is 3. The molecule has 0 saturated heterocycles. The Kier molecular flexibility index (Phi) is 6.04. The Morgan fingerprint density at radius 2 is 1.36 bits per heavy atom. The monoisotopic (exact) mass is 538 g/mol. The van der Waals surface area contributed by atoms with Crippen LogP contribution < -0.4 is 0 Å². The van der Waals surface area contributed by atoms with Crippen LogP contribution in [0.15, 0.2) is 71.6 Å². The summed E-state index contributed by atoms with van der Waals surface area (Å²) in [5.41, 5.74) is 4.03. The summed E-state index contributed by atoms with van der Waals surface area (Å²) in [6.45, 7) is 0. The molecule has 0 amide bonds. The fourth-order valence-corrected chi connectivity index (χ4v) is 4.34. The smallest absolute Gasteiger partial charge is 0.195 e. The van der Waals surface area contributed by atoms with Gasteiger partial charge in [0.15, 0.2) is 0 Å². The molecule has 0 fully saturated rings. The zero-order chi connectivity index (χ0) is 20.5. The van der Waals surface area contributed by atoms with E-state index in [1.54, 1.807) is 0 Å². The van der Waals surface area contributed by atoms with Crippen molar-refractivity contribution in [1.82, 2.24) is 0 Å². The summed E-state index contributed by atoms with van der Waals surface area (Å²) in [5.74, 6) is 0. The van der Waals surface area contributed by atoms with E-state index in [2.05, 4.69) is 32.8 Å². The molecule has 0 unspecified atom stereocenters. The molecular weight excluding hydrogens is 528 g/mol. The zero-order valence-electron chi connectivity index (χ0n) is 13.9. The van der Waals surface area contributed by atoms with Gasteiger partial charge in [-0.3, -0.25) is 0 Å². The van der Waals surface area contributed by atoms with Gasteiger partial charge in [0.25, 0.3) is 0 Å². The Hall–Kier alpha value is -1.62. The number of rotatable bonds is 2. The Balaban J connectivity index is 0.000000162. The first kappa shape index (κ1) is 21.1. The van der Waals surface area contributed by atoms with Crippen LogP contribution in [0.4, 0.5) is 13.2 Å². The lowest BCUT2D eigenvalue weighted by Crippen LogP contribution is -2.12. The van der Waals surface area contributed by atoms with Gasteiger partial charge in [-0.1, -0.05) is 54.1 Å². The first-order valence-corrected chi connectivity index (χ1v) is 10.4. The molecule has 0 atom stereocenters. The fraction of sp³-hybridized carbons (Fsp3) is 0.0526. The van der Waals surface area contributed by atoms with E-state index >= 15 is 0 Å². The van der Waals surface area contributed by atoms with Gasteiger partial charge in [-0.05, 0) is 46.5 Å². The molecular formula is C19H11ClF3IO3S. The highest BCUT2D eigenvalue weighted by atomic mass is 127. The van der Waals surface area contributed by atoms with E-state index in [0.29, 0.717) is 6.07 Å². The van der Waals surface area contributed by atoms with Gasteiger partial charge >= 0.3 is 16.3 Å². The lowest BCUT2D eigenvalue weighted by Gasteiger charge is -2.23. The molecule has 0 heterocycles. The SMILES string of the molecule is Clc1ccc2c(c1)-c1ccccc1-2.O=S(=O)(OI)c1ccccc1C(F)(F)F. The summed E-state index contributed by atoms with van der Waals surface area (Å²) >= 11 is 6.94. The third-order valence-electron chi connectivity index (χ3n) is 4.03. The van der Waals surface area contributed by atoms with Crippen molar-refractivity contribution in [3.63, 3.8) is 0 Å². The number of hydrogen-bond donors (Lipinski definition) is 0. The second-order valence-corrected chi connectivity index (χ2v) is 8.74. The van der Waals surface area contributed by atoms with Crippen molar-refractivity contribution in [3.05, 3.63) is 77.3 Å². The van der Waals surface area contributed by atoms with Gasteiger partial charge in [0.1, 0.15) is 27.9 Å². The lowest BCUT2D eigenvalue weighted by atomic mass is 9.81. The average Bonchev–Trinajstić information content (AvgIpc) is 2.66. The molecule has 3 aromatic rings. The Morgan fingerprint density at radius 1 is 0.821 bits per heavy atom. The van der Waals surface area contributed by atoms with Gasteiger partial charge in [0, 0.05) is 5.02 Å². The van der Waals surface area contributed by atoms with E-state index in [9.17, 15) is 21.6 Å². The second-order valence-electron chi connectivity index (χ2n) is 5.75. The summed E-state index contributed by atoms with van der Waals surface area (Å²) < 4.78 is 63.5. The summed E-state index contributed by atoms with van der Waals surface area (Å²) in [5, 5.41) is 0.813. The predicted molar refractivity (Wildman–Crippen MR) is 110 cm³/mol. The van der Waals surface area contributed by atoms with Crippen molar-refractivity contribution in [2.75, 3.05) is 0 Å². The molecule has 4 rings (SSSR count). The third kappa shape index (κ3) is 4.19. The number of halogens is 5. The van der Waals surface area contributed by atoms with Crippen LogP contribution >= 0.6 is 34.6 Å². The van der Waals surface area contributed by atoms with Crippen LogP contribution in [0.5, 0.6) is 0 Å². The number of fused-ring (bicyclic) bond motifs is 4. The van der Waals surface area contributed by atoms with Gasteiger partial charge in [0.2, 0.25) is 0 Å². The van der Waals surface area contributed by atoms with Crippen LogP contribution in [-0.4, -0.2) is 8.42 Å². The predicted octanol–water partition coefficient (Wildman–Crippen LogP) is 6.75. The maximum atomic E-state index is 12.4. The molecule has 0 saturated carbocycles. The minimum atomic E-state index is -4.72. The van der Waals surface area contributed by atoms with E-state index in [1.807, 2.05) is 12.1 Å². The normalized spacial score (nSPS) is 12.2. The van der Waals surface area contributed by atoms with Gasteiger partial charge < -0.3 is 0 Å². The van der Waals surface area contributed by atoms with E-state index in [4.69, 9.17) is 11.6 Å². The maximum absolute atomic E-state index is 12.4. The van der Waals surface area contributed by atoms with E-state index in [-0.39, 0.29) is 0 Å². The fourth-order valence-electron chi connectivity index (χ4n) is 2.82. The Bertz CT molecular complexity index is 1130. The largest absolute Gasteiger partial charge is 0.417 e. The molecule has 0 spiro atoms. The quantitative estimate of drug-likeness (QED) is 0.265. The van der Waals surface area contributed by atoms with Crippen molar-refractivity contribution < 1.29 is 24.1 Å². The highest BCUT2D eigenvalue weighted by molar-refractivity contribution is 14.1. The molecule has 28 heavy (non-hydrogen) atoms. The van der Waals surface area contributed by atoms with E-state index in [0.717, 1.165) is 40.2 Å². The van der Waals surface area contributed by atoms with E-state index in [1.165, 1.54) is 28.3 Å². The number of benzene rings is 3. The zero-order valence-corrected chi connectivity index (χ0v) is 17.6. The molecule has 1 aliphatic rings. The third-order valence-corrected chi connectivity index (χ3v) is 6.75. The molecule has 1 aliphatic carbocycles. The van der Waals surface area contributed by atoms with Gasteiger partial charge in [0.05, 0.1) is 5.56 Å². The summed E-state index contributed by atoms with van der Waals surface area (Å²) in [4.78, 5) is -0.882. The highest BCUT2D eigenvalue weighted by Gasteiger charge is 2.37. The Morgan fingerprint density at radius 3 is 1.96 bits per heavy atom. The molecule has 146 valence electrons. The van der Waals surface area contributed by atoms with Crippen molar-refractivity contribution in [2.24, 2.45) is 0 Å². The van der Waals surface area contributed by atoms with Crippen LogP contribution in [0.25, 0.3) is 22.3 Å². The van der Waals surface area contributed by atoms with Gasteiger partial charge in [-0.25, -0.2) is 0 Å². The van der Waals surface area contributed by atoms with Crippen LogP contribution in [0.1, 0.15) is 5.56 Å². The minimum Gasteiger partial charge on any atom is -0.195 e. The van der Waals surface area contributed by atoms with Crippen LogP contribution in [0.2, 0.25) is 5.02 Å². The average molecular weight is 539 g/mol. The topological polar surface area (TPSA) is 43.4 Å². The molecule has 9 heteroatoms. The number of hydrogen-bond acceptors (Lipinski definition) is 3. The second kappa shape index (κ2) is 8.02. The first-order chi connectivity index (χ1) is 13.1. The molecule has 0 N–H and O–H groups in total. The van der Waals surface area contributed by atoms with Crippen molar-refractivity contribution >= 4 is 44.7 Å². The van der Waals surface area contributed by atoms with Crippen molar-refractivity contribution in [2.45, 2.75) is 11.1 Å². The molecule has 0 radical (unpaired) electrons. The van der Waals surface area contributed by atoms with Crippen LogP contribution in [-0.2, 0) is 18.8 Å². The molecule has 3 aromatic carbocycles. The molecule has 0 aromatic heterocycles. The summed E-state index contributed by atoms with van der Waals surface area (Å²) in [6.07, 6.45) is -4.72. The van der Waals surface area contributed by atoms with Crippen molar-refractivity contribution in [1.29, 1.82) is 0 Å². The molecule has 0 aliphatic heterocycles. The standard InChI is InChI=1S/C12H7Cl.C7H4F3IO3S/c13-8-5-6-11-9-3-1-2-4-10(9)12(11)7-8;8-7(9,10)5-3-1-2-4-6(5)15(12,13)14-11/h1-7H;1-4H. The molecule has 3 nitrogen and oxygen atoms in total. The summed E-state index contributed by atoms with van der Waals surface area (Å²) in [7, 11) is -4.35. The highest BCUT2D eigenvalue weighted by Crippen LogP contribution is 2.47. The minimum absolute atomic E-state index is 0.683. The summed E-state index contributed by atoms with van der Waals surface area (Å²) in [6, 6.07) is 18.3. The molecule has 0 bridgehead atoms. The van der Waals surface area contributed by atoms with Crippen LogP contribution in [0, 0.1) is 0 Å². The first-order valence-electron chi connectivity index (χ1n) is 7.76. The van der Waals surface area contributed by atoms with Crippen LogP contribution in [0.3, 0.4) is 0 Å². The van der Waals surface area contributed by atoms with Crippen molar-refractivity contribution in [3.8, 4) is 22.3 Å². The van der Waals surface area contributed by atoms with E-state index < -0.39 is 26.8 Å². The Labute approximate surface area is 178 Å². The van der Waals surface area contributed by atoms with Gasteiger partial charge in [-0.15, -0.1) is 0 Å². The maximum Gasteiger partial charge on any atom is 0.417 e. The van der Waals surface area contributed by atoms with Gasteiger partial charge in [-0.2, -0.15) is 24.1 Å². The lowest BCUT2D eigenvalue weighted by molar-refractivity contribution is -0.139.